The van der Waals surface area contributed by atoms with Crippen LogP contribution in [0.1, 0.15) is 44.1 Å². The van der Waals surface area contributed by atoms with Crippen LogP contribution in [0.5, 0.6) is 0 Å². The molecule has 104 valence electrons. The normalized spacial score (nSPS) is 11.8. The molecule has 0 aliphatic carbocycles. The summed E-state index contributed by atoms with van der Waals surface area (Å²) in [4.78, 5) is 21.7. The molecule has 0 heterocycles. The monoisotopic (exact) mass is 263 g/mol. The summed E-state index contributed by atoms with van der Waals surface area (Å²) in [5.74, 6) is -0.521. The third-order valence-corrected chi connectivity index (χ3v) is 3.06. The lowest BCUT2D eigenvalue weighted by Gasteiger charge is -2.12. The van der Waals surface area contributed by atoms with Gasteiger partial charge >= 0.3 is 5.97 Å². The fraction of sp³-hybridized carbons (Fsp3) is 0.467. The molecule has 1 aromatic carbocycles. The number of nitrogens with one attached hydrogen (secondary N) is 1. The third kappa shape index (κ3) is 6.60. The molecule has 0 aliphatic rings. The molecule has 0 saturated carbocycles. The minimum Gasteiger partial charge on any atom is -0.481 e. The van der Waals surface area contributed by atoms with Crippen LogP contribution in [0.2, 0.25) is 0 Å². The molecule has 1 unspecified atom stereocenters. The topological polar surface area (TPSA) is 66.4 Å². The quantitative estimate of drug-likeness (QED) is 0.757. The minimum atomic E-state index is -0.856. The third-order valence-electron chi connectivity index (χ3n) is 3.06. The lowest BCUT2D eigenvalue weighted by molar-refractivity contribution is -0.137. The van der Waals surface area contributed by atoms with E-state index in [2.05, 4.69) is 24.4 Å². The van der Waals surface area contributed by atoms with Gasteiger partial charge in [0.1, 0.15) is 0 Å². The number of carbonyl (C=O) groups is 2. The van der Waals surface area contributed by atoms with Crippen LogP contribution in [0.3, 0.4) is 0 Å². The van der Waals surface area contributed by atoms with Gasteiger partial charge in [0.15, 0.2) is 0 Å². The van der Waals surface area contributed by atoms with Gasteiger partial charge in [0, 0.05) is 19.4 Å². The van der Waals surface area contributed by atoms with Crippen LogP contribution in [0.4, 0.5) is 0 Å². The summed E-state index contributed by atoms with van der Waals surface area (Å²) in [6, 6.07) is 10.2. The largest absolute Gasteiger partial charge is 0.481 e. The molecule has 1 amide bonds. The maximum absolute atomic E-state index is 11.4. The van der Waals surface area contributed by atoms with Crippen molar-refractivity contribution in [1.29, 1.82) is 0 Å². The summed E-state index contributed by atoms with van der Waals surface area (Å²) in [7, 11) is 0. The maximum Gasteiger partial charge on any atom is 0.303 e. The van der Waals surface area contributed by atoms with Gasteiger partial charge in [0.2, 0.25) is 5.91 Å². The Kier molecular flexibility index (Phi) is 6.64. The molecule has 1 atom stereocenters. The number of hydrogen-bond acceptors (Lipinski definition) is 2. The second-order valence-electron chi connectivity index (χ2n) is 4.70. The molecule has 0 fully saturated rings. The minimum absolute atomic E-state index is 0.0494. The Balaban J connectivity index is 2.16. The molecule has 0 spiro atoms. The molecule has 0 radical (unpaired) electrons. The average molecular weight is 263 g/mol. The molecule has 1 rings (SSSR count). The van der Waals surface area contributed by atoms with Gasteiger partial charge in [-0.3, -0.25) is 9.59 Å². The molecule has 0 bridgehead atoms. The van der Waals surface area contributed by atoms with Gasteiger partial charge < -0.3 is 10.4 Å². The Morgan fingerprint density at radius 2 is 1.89 bits per heavy atom. The average Bonchev–Trinajstić information content (AvgIpc) is 2.39. The fourth-order valence-electron chi connectivity index (χ4n) is 1.86. The van der Waals surface area contributed by atoms with E-state index in [9.17, 15) is 9.59 Å². The molecule has 0 aromatic heterocycles. The standard InChI is InChI=1S/C15H21NO3/c1-12(13-6-3-2-4-7-13)10-11-16-14(17)8-5-9-15(18)19/h2-4,6-7,12H,5,8-11H2,1H3,(H,16,17)(H,18,19). The number of carboxylic acid groups (broad SMARTS) is 1. The van der Waals surface area contributed by atoms with Crippen LogP contribution in [-0.2, 0) is 9.59 Å². The van der Waals surface area contributed by atoms with E-state index in [1.807, 2.05) is 18.2 Å². The van der Waals surface area contributed by atoms with Gasteiger partial charge in [0.05, 0.1) is 0 Å². The maximum atomic E-state index is 11.4. The van der Waals surface area contributed by atoms with Crippen molar-refractivity contribution < 1.29 is 14.7 Å². The van der Waals surface area contributed by atoms with Crippen LogP contribution in [-0.4, -0.2) is 23.5 Å². The zero-order valence-electron chi connectivity index (χ0n) is 11.3. The summed E-state index contributed by atoms with van der Waals surface area (Å²) in [5, 5.41) is 11.3. The zero-order chi connectivity index (χ0) is 14.1. The Hall–Kier alpha value is -1.84. The number of rotatable bonds is 8. The predicted octanol–water partition coefficient (Wildman–Crippen LogP) is 2.55. The van der Waals surface area contributed by atoms with E-state index in [0.717, 1.165) is 6.42 Å². The van der Waals surface area contributed by atoms with Crippen molar-refractivity contribution in [2.24, 2.45) is 0 Å². The smallest absolute Gasteiger partial charge is 0.303 e. The molecule has 19 heavy (non-hydrogen) atoms. The molecular formula is C15H21NO3. The van der Waals surface area contributed by atoms with Crippen LogP contribution in [0.15, 0.2) is 30.3 Å². The first-order chi connectivity index (χ1) is 9.09. The summed E-state index contributed by atoms with van der Waals surface area (Å²) in [6.07, 6.45) is 1.62. The van der Waals surface area contributed by atoms with Crippen molar-refractivity contribution in [3.63, 3.8) is 0 Å². The second kappa shape index (κ2) is 8.29. The van der Waals surface area contributed by atoms with Gasteiger partial charge in [-0.25, -0.2) is 0 Å². The molecular weight excluding hydrogens is 242 g/mol. The molecule has 4 nitrogen and oxygen atoms in total. The highest BCUT2D eigenvalue weighted by molar-refractivity contribution is 5.76. The van der Waals surface area contributed by atoms with Gasteiger partial charge in [-0.05, 0) is 24.3 Å². The first kappa shape index (κ1) is 15.2. The Bertz CT molecular complexity index is 403. The van der Waals surface area contributed by atoms with Crippen LogP contribution in [0.25, 0.3) is 0 Å². The SMILES string of the molecule is CC(CCNC(=O)CCCC(=O)O)c1ccccc1. The first-order valence-electron chi connectivity index (χ1n) is 6.63. The highest BCUT2D eigenvalue weighted by Crippen LogP contribution is 2.17. The van der Waals surface area contributed by atoms with Crippen molar-refractivity contribution in [3.05, 3.63) is 35.9 Å². The number of carbonyl (C=O) groups excluding carboxylic acids is 1. The summed E-state index contributed by atoms with van der Waals surface area (Å²) in [5.41, 5.74) is 1.27. The number of aliphatic carboxylic acids is 1. The van der Waals surface area contributed by atoms with Crippen molar-refractivity contribution >= 4 is 11.9 Å². The van der Waals surface area contributed by atoms with Gasteiger partial charge in [-0.2, -0.15) is 0 Å². The molecule has 0 aliphatic heterocycles. The lowest BCUT2D eigenvalue weighted by atomic mass is 9.98. The van der Waals surface area contributed by atoms with E-state index in [1.54, 1.807) is 0 Å². The lowest BCUT2D eigenvalue weighted by Crippen LogP contribution is -2.25. The van der Waals surface area contributed by atoms with E-state index in [0.29, 0.717) is 18.9 Å². The van der Waals surface area contributed by atoms with Crippen molar-refractivity contribution in [3.8, 4) is 0 Å². The number of amides is 1. The molecule has 0 saturated heterocycles. The van der Waals surface area contributed by atoms with E-state index >= 15 is 0 Å². The van der Waals surface area contributed by atoms with Gasteiger partial charge in [-0.1, -0.05) is 37.3 Å². The summed E-state index contributed by atoms with van der Waals surface area (Å²) >= 11 is 0. The van der Waals surface area contributed by atoms with E-state index < -0.39 is 5.97 Å². The number of hydrogen-bond donors (Lipinski definition) is 2. The van der Waals surface area contributed by atoms with Gasteiger partial charge in [0.25, 0.3) is 0 Å². The molecule has 4 heteroatoms. The van der Waals surface area contributed by atoms with Crippen molar-refractivity contribution in [2.45, 2.75) is 38.5 Å². The van der Waals surface area contributed by atoms with Crippen LogP contribution >= 0.6 is 0 Å². The fourth-order valence-corrected chi connectivity index (χ4v) is 1.86. The van der Waals surface area contributed by atoms with Crippen LogP contribution < -0.4 is 5.32 Å². The first-order valence-corrected chi connectivity index (χ1v) is 6.63. The number of benzene rings is 1. The highest BCUT2D eigenvalue weighted by atomic mass is 16.4. The molecule has 2 N–H and O–H groups in total. The number of carboxylic acids is 1. The Morgan fingerprint density at radius 3 is 2.53 bits per heavy atom. The van der Waals surface area contributed by atoms with Crippen LogP contribution in [0, 0.1) is 0 Å². The van der Waals surface area contributed by atoms with Crippen molar-refractivity contribution in [1.82, 2.24) is 5.32 Å². The summed E-state index contributed by atoms with van der Waals surface area (Å²) in [6.45, 7) is 2.76. The van der Waals surface area contributed by atoms with Gasteiger partial charge in [-0.15, -0.1) is 0 Å². The van der Waals surface area contributed by atoms with Crippen molar-refractivity contribution in [2.75, 3.05) is 6.54 Å². The molecule has 1 aromatic rings. The predicted molar refractivity (Wildman–Crippen MR) is 74.0 cm³/mol. The highest BCUT2D eigenvalue weighted by Gasteiger charge is 2.06. The van der Waals surface area contributed by atoms with E-state index in [-0.39, 0.29) is 18.7 Å². The van der Waals surface area contributed by atoms with E-state index in [1.165, 1.54) is 5.56 Å². The second-order valence-corrected chi connectivity index (χ2v) is 4.70. The zero-order valence-corrected chi connectivity index (χ0v) is 11.3. The van der Waals surface area contributed by atoms with E-state index in [4.69, 9.17) is 5.11 Å². The Labute approximate surface area is 113 Å². The Morgan fingerprint density at radius 1 is 1.21 bits per heavy atom. The summed E-state index contributed by atoms with van der Waals surface area (Å²) < 4.78 is 0.